The molecule has 0 bridgehead atoms. The van der Waals surface area contributed by atoms with Crippen molar-refractivity contribution in [2.45, 2.75) is 13.0 Å². The van der Waals surface area contributed by atoms with Crippen LogP contribution in [0.25, 0.3) is 0 Å². The number of methoxy groups -OCH3 is 1. The lowest BCUT2D eigenvalue weighted by molar-refractivity contribution is 0.119. The minimum Gasteiger partial charge on any atom is -0.377 e. The van der Waals surface area contributed by atoms with Gasteiger partial charge in [-0.05, 0) is 13.0 Å². The summed E-state index contributed by atoms with van der Waals surface area (Å²) >= 11 is 0. The molecule has 0 aromatic carbocycles. The first-order valence-corrected chi connectivity index (χ1v) is 3.14. The Balaban J connectivity index is 2.75. The van der Waals surface area contributed by atoms with Gasteiger partial charge in [-0.25, -0.2) is 0 Å². The molecule has 0 saturated carbocycles. The molecule has 1 aromatic rings. The molecule has 0 amide bonds. The molecular weight excluding hydrogens is 128 g/mol. The van der Waals surface area contributed by atoms with E-state index in [1.807, 2.05) is 13.0 Å². The van der Waals surface area contributed by atoms with Crippen LogP contribution in [0.2, 0.25) is 0 Å². The smallest absolute Gasteiger partial charge is 0.0809 e. The number of hydrogen-bond donors (Lipinski definition) is 0. The molecule has 10 heavy (non-hydrogen) atoms. The summed E-state index contributed by atoms with van der Waals surface area (Å²) < 4.78 is 5.07. The SMILES string of the molecule is COC(C)c1ccnnc1. The van der Waals surface area contributed by atoms with Crippen LogP contribution in [-0.2, 0) is 4.74 Å². The van der Waals surface area contributed by atoms with Gasteiger partial charge in [0.2, 0.25) is 0 Å². The third kappa shape index (κ3) is 1.51. The van der Waals surface area contributed by atoms with E-state index in [2.05, 4.69) is 10.2 Å². The van der Waals surface area contributed by atoms with E-state index >= 15 is 0 Å². The lowest BCUT2D eigenvalue weighted by Crippen LogP contribution is -1.96. The third-order valence-electron chi connectivity index (χ3n) is 1.43. The molecule has 1 rings (SSSR count). The van der Waals surface area contributed by atoms with Gasteiger partial charge < -0.3 is 4.74 Å². The first-order valence-electron chi connectivity index (χ1n) is 3.14. The Kier molecular flexibility index (Phi) is 2.34. The average Bonchev–Trinajstić information content (AvgIpc) is 2.05. The Bertz CT molecular complexity index is 188. The summed E-state index contributed by atoms with van der Waals surface area (Å²) in [5, 5.41) is 7.38. The molecule has 0 saturated heterocycles. The number of rotatable bonds is 2. The number of aromatic nitrogens is 2. The highest BCUT2D eigenvalue weighted by Crippen LogP contribution is 2.11. The van der Waals surface area contributed by atoms with E-state index in [-0.39, 0.29) is 6.10 Å². The van der Waals surface area contributed by atoms with Crippen molar-refractivity contribution >= 4 is 0 Å². The van der Waals surface area contributed by atoms with E-state index in [0.29, 0.717) is 0 Å². The number of ether oxygens (including phenoxy) is 1. The molecule has 0 fully saturated rings. The quantitative estimate of drug-likeness (QED) is 0.615. The van der Waals surface area contributed by atoms with Crippen molar-refractivity contribution in [2.75, 3.05) is 7.11 Å². The third-order valence-corrected chi connectivity index (χ3v) is 1.43. The van der Waals surface area contributed by atoms with Gasteiger partial charge >= 0.3 is 0 Å². The van der Waals surface area contributed by atoms with Crippen LogP contribution in [0, 0.1) is 0 Å². The van der Waals surface area contributed by atoms with Crippen LogP contribution in [0.3, 0.4) is 0 Å². The lowest BCUT2D eigenvalue weighted by atomic mass is 10.2. The molecule has 0 aliphatic rings. The van der Waals surface area contributed by atoms with Crippen LogP contribution in [0.5, 0.6) is 0 Å². The summed E-state index contributed by atoms with van der Waals surface area (Å²) in [5.41, 5.74) is 1.05. The van der Waals surface area contributed by atoms with Gasteiger partial charge in [-0.3, -0.25) is 0 Å². The molecule has 3 nitrogen and oxygen atoms in total. The lowest BCUT2D eigenvalue weighted by Gasteiger charge is -2.06. The monoisotopic (exact) mass is 138 g/mol. The summed E-state index contributed by atoms with van der Waals surface area (Å²) in [7, 11) is 1.67. The van der Waals surface area contributed by atoms with Crippen molar-refractivity contribution in [2.24, 2.45) is 0 Å². The van der Waals surface area contributed by atoms with Crippen molar-refractivity contribution in [3.63, 3.8) is 0 Å². The summed E-state index contributed by atoms with van der Waals surface area (Å²) in [6, 6.07) is 1.89. The second-order valence-corrected chi connectivity index (χ2v) is 2.05. The maximum absolute atomic E-state index is 5.07. The first kappa shape index (κ1) is 7.15. The van der Waals surface area contributed by atoms with Crippen LogP contribution in [0.15, 0.2) is 18.5 Å². The van der Waals surface area contributed by atoms with Gasteiger partial charge in [-0.2, -0.15) is 10.2 Å². The maximum Gasteiger partial charge on any atom is 0.0809 e. The Morgan fingerprint density at radius 2 is 2.30 bits per heavy atom. The molecule has 3 heteroatoms. The van der Waals surface area contributed by atoms with Gasteiger partial charge in [0.1, 0.15) is 0 Å². The summed E-state index contributed by atoms with van der Waals surface area (Å²) in [5.74, 6) is 0. The summed E-state index contributed by atoms with van der Waals surface area (Å²) in [6.07, 6.45) is 3.47. The Morgan fingerprint density at radius 1 is 1.50 bits per heavy atom. The minimum atomic E-state index is 0.107. The normalized spacial score (nSPS) is 13.0. The molecule has 54 valence electrons. The molecule has 0 radical (unpaired) electrons. The first-order chi connectivity index (χ1) is 4.84. The van der Waals surface area contributed by atoms with Crippen molar-refractivity contribution < 1.29 is 4.74 Å². The highest BCUT2D eigenvalue weighted by Gasteiger charge is 2.00. The zero-order chi connectivity index (χ0) is 7.40. The molecule has 1 aromatic heterocycles. The predicted molar refractivity (Wildman–Crippen MR) is 37.5 cm³/mol. The fourth-order valence-electron chi connectivity index (χ4n) is 0.677. The zero-order valence-corrected chi connectivity index (χ0v) is 6.11. The highest BCUT2D eigenvalue weighted by molar-refractivity contribution is 5.07. The zero-order valence-electron chi connectivity index (χ0n) is 6.11. The van der Waals surface area contributed by atoms with E-state index < -0.39 is 0 Å². The number of nitrogens with zero attached hydrogens (tertiary/aromatic N) is 2. The second-order valence-electron chi connectivity index (χ2n) is 2.05. The van der Waals surface area contributed by atoms with Crippen LogP contribution in [-0.4, -0.2) is 17.3 Å². The van der Waals surface area contributed by atoms with Gasteiger partial charge in [-0.15, -0.1) is 0 Å². The molecular formula is C7H10N2O. The van der Waals surface area contributed by atoms with Gasteiger partial charge in [0.15, 0.2) is 0 Å². The Hall–Kier alpha value is -0.960. The van der Waals surface area contributed by atoms with Crippen molar-refractivity contribution in [3.05, 3.63) is 24.0 Å². The van der Waals surface area contributed by atoms with E-state index in [0.717, 1.165) is 5.56 Å². The van der Waals surface area contributed by atoms with Gasteiger partial charge in [0.25, 0.3) is 0 Å². The van der Waals surface area contributed by atoms with Gasteiger partial charge in [-0.1, -0.05) is 0 Å². The van der Waals surface area contributed by atoms with Crippen LogP contribution in [0.4, 0.5) is 0 Å². The van der Waals surface area contributed by atoms with E-state index in [1.54, 1.807) is 19.5 Å². The highest BCUT2D eigenvalue weighted by atomic mass is 16.5. The number of hydrogen-bond acceptors (Lipinski definition) is 3. The van der Waals surface area contributed by atoms with Crippen molar-refractivity contribution in [1.29, 1.82) is 0 Å². The standard InChI is InChI=1S/C7H10N2O/c1-6(10-2)7-3-4-8-9-5-7/h3-6H,1-2H3. The topological polar surface area (TPSA) is 35.0 Å². The molecule has 0 N–H and O–H groups in total. The Labute approximate surface area is 60.0 Å². The van der Waals surface area contributed by atoms with Crippen LogP contribution < -0.4 is 0 Å². The predicted octanol–water partition coefficient (Wildman–Crippen LogP) is 1.18. The summed E-state index contributed by atoms with van der Waals surface area (Å²) in [6.45, 7) is 1.97. The second kappa shape index (κ2) is 3.27. The largest absolute Gasteiger partial charge is 0.377 e. The molecule has 0 aliphatic heterocycles. The minimum absolute atomic E-state index is 0.107. The van der Waals surface area contributed by atoms with E-state index in [1.165, 1.54) is 0 Å². The van der Waals surface area contributed by atoms with Crippen molar-refractivity contribution in [3.8, 4) is 0 Å². The van der Waals surface area contributed by atoms with Gasteiger partial charge in [0, 0.05) is 18.9 Å². The van der Waals surface area contributed by atoms with E-state index in [4.69, 9.17) is 4.74 Å². The van der Waals surface area contributed by atoms with Gasteiger partial charge in [0.05, 0.1) is 12.3 Å². The van der Waals surface area contributed by atoms with Crippen LogP contribution in [0.1, 0.15) is 18.6 Å². The van der Waals surface area contributed by atoms with Crippen LogP contribution >= 0.6 is 0 Å². The average molecular weight is 138 g/mol. The fourth-order valence-corrected chi connectivity index (χ4v) is 0.677. The maximum atomic E-state index is 5.07. The molecule has 0 spiro atoms. The van der Waals surface area contributed by atoms with Crippen molar-refractivity contribution in [1.82, 2.24) is 10.2 Å². The molecule has 1 heterocycles. The molecule has 1 unspecified atom stereocenters. The Morgan fingerprint density at radius 3 is 2.80 bits per heavy atom. The summed E-state index contributed by atoms with van der Waals surface area (Å²) in [4.78, 5) is 0. The molecule has 1 atom stereocenters. The fraction of sp³-hybridized carbons (Fsp3) is 0.429. The molecule has 0 aliphatic carbocycles. The van der Waals surface area contributed by atoms with E-state index in [9.17, 15) is 0 Å².